The first-order valence-electron chi connectivity index (χ1n) is 2.86. The molecule has 0 radical (unpaired) electrons. The molecule has 3 atom stereocenters. The van der Waals surface area contributed by atoms with Crippen LogP contribution in [0.3, 0.4) is 0 Å². The molecule has 2 aliphatic rings. The molecule has 0 unspecified atom stereocenters. The molecule has 2 heteroatoms. The number of fused-ring (bicyclic) bond motifs is 1. The number of piperidine rings is 1. The average molecular weight is 98.1 g/mol. The van der Waals surface area contributed by atoms with Crippen LogP contribution in [0.15, 0.2) is 0 Å². The van der Waals surface area contributed by atoms with E-state index in [4.69, 9.17) is 5.73 Å². The van der Waals surface area contributed by atoms with Crippen LogP contribution in [0.2, 0.25) is 0 Å². The van der Waals surface area contributed by atoms with E-state index in [0.717, 1.165) is 11.8 Å². The van der Waals surface area contributed by atoms with Crippen molar-refractivity contribution in [2.45, 2.75) is 6.04 Å². The molecule has 7 heavy (non-hydrogen) atoms. The number of nitrogens with two attached hydrogens (primary N) is 1. The monoisotopic (exact) mass is 98.1 g/mol. The molecule has 1 heterocycles. The molecular weight excluding hydrogens is 88.1 g/mol. The molecule has 0 bridgehead atoms. The van der Waals surface area contributed by atoms with E-state index in [1.54, 1.807) is 0 Å². The van der Waals surface area contributed by atoms with Gasteiger partial charge in [-0.15, -0.1) is 0 Å². The smallest absolute Gasteiger partial charge is 0.0127 e. The number of hydrogen-bond donors (Lipinski definition) is 2. The zero-order valence-electron chi connectivity index (χ0n) is 4.22. The van der Waals surface area contributed by atoms with E-state index >= 15 is 0 Å². The van der Waals surface area contributed by atoms with Gasteiger partial charge in [0, 0.05) is 6.04 Å². The maximum Gasteiger partial charge on any atom is 0.0127 e. The van der Waals surface area contributed by atoms with Crippen molar-refractivity contribution >= 4 is 0 Å². The second-order valence-corrected chi connectivity index (χ2v) is 2.56. The van der Waals surface area contributed by atoms with Gasteiger partial charge in [0.05, 0.1) is 0 Å². The van der Waals surface area contributed by atoms with Crippen molar-refractivity contribution in [3.05, 3.63) is 0 Å². The fourth-order valence-electron chi connectivity index (χ4n) is 1.47. The fraction of sp³-hybridized carbons (Fsp3) is 1.00. The summed E-state index contributed by atoms with van der Waals surface area (Å²) >= 11 is 0. The largest absolute Gasteiger partial charge is 0.327 e. The topological polar surface area (TPSA) is 38.0 Å². The lowest BCUT2D eigenvalue weighted by Crippen LogP contribution is -2.21. The van der Waals surface area contributed by atoms with Crippen LogP contribution in [0.1, 0.15) is 0 Å². The summed E-state index contributed by atoms with van der Waals surface area (Å²) in [4.78, 5) is 0. The Morgan fingerprint density at radius 3 is 2.14 bits per heavy atom. The highest BCUT2D eigenvalue weighted by molar-refractivity contribution is 5.07. The molecule has 2 nitrogen and oxygen atoms in total. The summed E-state index contributed by atoms with van der Waals surface area (Å²) in [5.41, 5.74) is 5.63. The Hall–Kier alpha value is -0.0800. The highest BCUT2D eigenvalue weighted by atomic mass is 15.0. The first-order chi connectivity index (χ1) is 3.39. The summed E-state index contributed by atoms with van der Waals surface area (Å²) in [5, 5.41) is 3.27. The van der Waals surface area contributed by atoms with Crippen LogP contribution in [0.25, 0.3) is 0 Å². The number of rotatable bonds is 0. The number of nitrogens with one attached hydrogen (secondary N) is 1. The maximum atomic E-state index is 5.63. The van der Waals surface area contributed by atoms with Crippen molar-refractivity contribution in [1.82, 2.24) is 5.32 Å². The zero-order chi connectivity index (χ0) is 4.85. The molecule has 0 spiro atoms. The van der Waals surface area contributed by atoms with Crippen molar-refractivity contribution in [2.75, 3.05) is 13.1 Å². The fourth-order valence-corrected chi connectivity index (χ4v) is 1.47. The van der Waals surface area contributed by atoms with E-state index in [1.807, 2.05) is 0 Å². The summed E-state index contributed by atoms with van der Waals surface area (Å²) in [6.07, 6.45) is 0. The second kappa shape index (κ2) is 1.01. The summed E-state index contributed by atoms with van der Waals surface area (Å²) in [6.45, 7) is 2.34. The van der Waals surface area contributed by atoms with Crippen molar-refractivity contribution in [3.8, 4) is 0 Å². The Morgan fingerprint density at radius 1 is 1.29 bits per heavy atom. The second-order valence-electron chi connectivity index (χ2n) is 2.56. The van der Waals surface area contributed by atoms with E-state index < -0.39 is 0 Å². The van der Waals surface area contributed by atoms with Gasteiger partial charge in [-0.2, -0.15) is 0 Å². The molecule has 2 rings (SSSR count). The summed E-state index contributed by atoms with van der Waals surface area (Å²) < 4.78 is 0. The average Bonchev–Trinajstić information content (AvgIpc) is 2.26. The first kappa shape index (κ1) is 3.87. The lowest BCUT2D eigenvalue weighted by atomic mass is 10.4. The van der Waals surface area contributed by atoms with Crippen LogP contribution in [0.5, 0.6) is 0 Å². The number of hydrogen-bond acceptors (Lipinski definition) is 2. The molecular formula is C5H10N2. The first-order valence-corrected chi connectivity index (χ1v) is 2.86. The van der Waals surface area contributed by atoms with Crippen molar-refractivity contribution in [2.24, 2.45) is 17.6 Å². The van der Waals surface area contributed by atoms with Gasteiger partial charge in [0.2, 0.25) is 0 Å². The van der Waals surface area contributed by atoms with Gasteiger partial charge >= 0.3 is 0 Å². The van der Waals surface area contributed by atoms with Crippen LogP contribution in [-0.2, 0) is 0 Å². The van der Waals surface area contributed by atoms with Gasteiger partial charge in [0.1, 0.15) is 0 Å². The Kier molecular flexibility index (Phi) is 0.557. The summed E-state index contributed by atoms with van der Waals surface area (Å²) in [5.74, 6) is 1.69. The molecule has 0 aromatic carbocycles. The Bertz CT molecular complexity index is 82.1. The summed E-state index contributed by atoms with van der Waals surface area (Å²) in [6, 6.07) is 0.557. The SMILES string of the molecule is N[C@H]1[C@H]2CNC[C@@H]12. The molecule has 2 fully saturated rings. The van der Waals surface area contributed by atoms with E-state index in [0.29, 0.717) is 6.04 Å². The van der Waals surface area contributed by atoms with Gasteiger partial charge < -0.3 is 11.1 Å². The van der Waals surface area contributed by atoms with Crippen LogP contribution in [0, 0.1) is 11.8 Å². The van der Waals surface area contributed by atoms with E-state index in [9.17, 15) is 0 Å². The van der Waals surface area contributed by atoms with E-state index in [1.165, 1.54) is 13.1 Å². The van der Waals surface area contributed by atoms with Crippen molar-refractivity contribution < 1.29 is 0 Å². The molecule has 1 aliphatic heterocycles. The maximum absolute atomic E-state index is 5.63. The van der Waals surface area contributed by atoms with Gasteiger partial charge in [0.15, 0.2) is 0 Å². The van der Waals surface area contributed by atoms with Crippen LogP contribution in [-0.4, -0.2) is 19.1 Å². The highest BCUT2D eigenvalue weighted by Gasteiger charge is 2.50. The molecule has 1 aliphatic carbocycles. The third kappa shape index (κ3) is 0.359. The Labute approximate surface area is 43.1 Å². The molecule has 0 aromatic heterocycles. The van der Waals surface area contributed by atoms with Gasteiger partial charge in [-0.1, -0.05) is 0 Å². The normalized spacial score (nSPS) is 57.0. The Balaban J connectivity index is 2.06. The quantitative estimate of drug-likeness (QED) is 0.414. The molecule has 0 amide bonds. The van der Waals surface area contributed by atoms with Gasteiger partial charge in [-0.3, -0.25) is 0 Å². The lowest BCUT2D eigenvalue weighted by Gasteiger charge is -1.94. The lowest BCUT2D eigenvalue weighted by molar-refractivity contribution is 0.677. The minimum Gasteiger partial charge on any atom is -0.327 e. The van der Waals surface area contributed by atoms with Gasteiger partial charge in [-0.05, 0) is 24.9 Å². The Morgan fingerprint density at radius 2 is 1.86 bits per heavy atom. The highest BCUT2D eigenvalue weighted by Crippen LogP contribution is 2.39. The van der Waals surface area contributed by atoms with E-state index in [2.05, 4.69) is 5.32 Å². The van der Waals surface area contributed by atoms with Crippen molar-refractivity contribution in [3.63, 3.8) is 0 Å². The molecule has 3 N–H and O–H groups in total. The third-order valence-corrected chi connectivity index (χ3v) is 2.16. The molecule has 1 saturated carbocycles. The predicted octanol–water partition coefficient (Wildman–Crippen LogP) is -0.837. The van der Waals surface area contributed by atoms with Crippen molar-refractivity contribution in [1.29, 1.82) is 0 Å². The zero-order valence-corrected chi connectivity index (χ0v) is 4.22. The van der Waals surface area contributed by atoms with Gasteiger partial charge in [0.25, 0.3) is 0 Å². The van der Waals surface area contributed by atoms with Crippen LogP contribution < -0.4 is 11.1 Å². The van der Waals surface area contributed by atoms with Gasteiger partial charge in [-0.25, -0.2) is 0 Å². The minimum absolute atomic E-state index is 0.557. The van der Waals surface area contributed by atoms with Crippen LogP contribution in [0.4, 0.5) is 0 Å². The van der Waals surface area contributed by atoms with E-state index in [-0.39, 0.29) is 0 Å². The standard InChI is InChI=1S/C5H10N2/c6-5-3-1-7-2-4(3)5/h3-5,7H,1-2,6H2/t3-,4+,5-. The predicted molar refractivity (Wildman–Crippen MR) is 27.8 cm³/mol. The molecule has 0 aromatic rings. The third-order valence-electron chi connectivity index (χ3n) is 2.16. The summed E-state index contributed by atoms with van der Waals surface area (Å²) in [7, 11) is 0. The molecule has 40 valence electrons. The minimum atomic E-state index is 0.557. The molecule has 1 saturated heterocycles. The van der Waals surface area contributed by atoms with Crippen LogP contribution >= 0.6 is 0 Å².